The Morgan fingerprint density at radius 1 is 1.36 bits per heavy atom. The van der Waals surface area contributed by atoms with Gasteiger partial charge in [-0.3, -0.25) is 5.01 Å². The van der Waals surface area contributed by atoms with Gasteiger partial charge in [-0.2, -0.15) is 0 Å². The normalized spacial score (nSPS) is 19.3. The molecule has 4 heteroatoms. The smallest absolute Gasteiger partial charge is 0.150 e. The summed E-state index contributed by atoms with van der Waals surface area (Å²) in [4.78, 5) is 0. The lowest BCUT2D eigenvalue weighted by molar-refractivity contribution is 0.279. The molecule has 76 valence electrons. The fourth-order valence-corrected chi connectivity index (χ4v) is 1.55. The molecule has 1 aliphatic rings. The second kappa shape index (κ2) is 2.92. The van der Waals surface area contributed by atoms with E-state index in [4.69, 9.17) is 0 Å². The Morgan fingerprint density at radius 2 is 2.07 bits per heavy atom. The Bertz CT molecular complexity index is 363. The Kier molecular flexibility index (Phi) is 1.96. The molecule has 0 radical (unpaired) electrons. The number of benzene rings is 1. The molecule has 0 unspecified atom stereocenters. The van der Waals surface area contributed by atoms with E-state index in [0.717, 1.165) is 12.6 Å². The summed E-state index contributed by atoms with van der Waals surface area (Å²) in [6.07, 6.45) is 0. The highest BCUT2D eigenvalue weighted by atomic mass is 19.1. The van der Waals surface area contributed by atoms with E-state index in [1.807, 2.05) is 13.8 Å². The van der Waals surface area contributed by atoms with Gasteiger partial charge >= 0.3 is 0 Å². The molecule has 1 heterocycles. The van der Waals surface area contributed by atoms with Gasteiger partial charge in [-0.15, -0.1) is 0 Å². The summed E-state index contributed by atoms with van der Waals surface area (Å²) in [6.45, 7) is 4.78. The number of nitrogens with zero attached hydrogens (tertiary/aromatic N) is 1. The van der Waals surface area contributed by atoms with Crippen LogP contribution in [0.1, 0.15) is 13.8 Å². The maximum atomic E-state index is 13.3. The Hall–Kier alpha value is -1.16. The Morgan fingerprint density at radius 3 is 2.50 bits per heavy atom. The molecule has 0 aromatic heterocycles. The van der Waals surface area contributed by atoms with Crippen LogP contribution in [0.2, 0.25) is 0 Å². The molecule has 2 rings (SSSR count). The molecular weight excluding hydrogens is 186 g/mol. The molecule has 1 aliphatic heterocycles. The van der Waals surface area contributed by atoms with Gasteiger partial charge in [-0.1, -0.05) is 0 Å². The highest BCUT2D eigenvalue weighted by Gasteiger charge is 2.37. The van der Waals surface area contributed by atoms with Gasteiger partial charge in [-0.05, 0) is 26.0 Å². The van der Waals surface area contributed by atoms with Crippen molar-refractivity contribution < 1.29 is 8.78 Å². The predicted molar refractivity (Wildman–Crippen MR) is 50.9 cm³/mol. The maximum Gasteiger partial charge on any atom is 0.150 e. The van der Waals surface area contributed by atoms with Crippen molar-refractivity contribution >= 4 is 5.69 Å². The van der Waals surface area contributed by atoms with Crippen LogP contribution >= 0.6 is 0 Å². The highest BCUT2D eigenvalue weighted by Crippen LogP contribution is 2.29. The average molecular weight is 198 g/mol. The Balaban J connectivity index is 2.33. The van der Waals surface area contributed by atoms with Gasteiger partial charge in [0.15, 0.2) is 5.82 Å². The van der Waals surface area contributed by atoms with Crippen LogP contribution in [0.5, 0.6) is 0 Å². The summed E-state index contributed by atoms with van der Waals surface area (Å²) in [5.74, 6) is -1.09. The summed E-state index contributed by atoms with van der Waals surface area (Å²) < 4.78 is 26.0. The fourth-order valence-electron chi connectivity index (χ4n) is 1.55. The van der Waals surface area contributed by atoms with Crippen molar-refractivity contribution in [2.75, 3.05) is 11.6 Å². The van der Waals surface area contributed by atoms with E-state index in [2.05, 4.69) is 5.43 Å². The third-order valence-corrected chi connectivity index (χ3v) is 2.43. The highest BCUT2D eigenvalue weighted by molar-refractivity contribution is 5.51. The fraction of sp³-hybridized carbons (Fsp3) is 0.400. The maximum absolute atomic E-state index is 13.3. The summed E-state index contributed by atoms with van der Waals surface area (Å²) in [5.41, 5.74) is 3.26. The van der Waals surface area contributed by atoms with Crippen LogP contribution < -0.4 is 10.4 Å². The van der Waals surface area contributed by atoms with Crippen molar-refractivity contribution in [1.82, 2.24) is 5.43 Å². The molecule has 1 aromatic carbocycles. The first-order chi connectivity index (χ1) is 6.50. The molecule has 0 bridgehead atoms. The van der Waals surface area contributed by atoms with Crippen molar-refractivity contribution in [2.24, 2.45) is 0 Å². The molecule has 0 atom stereocenters. The van der Waals surface area contributed by atoms with Gasteiger partial charge in [0.05, 0.1) is 11.2 Å². The number of hydrogen-bond acceptors (Lipinski definition) is 2. The average Bonchev–Trinajstić information content (AvgIpc) is 2.08. The Labute approximate surface area is 81.5 Å². The van der Waals surface area contributed by atoms with Crippen LogP contribution in [-0.2, 0) is 0 Å². The van der Waals surface area contributed by atoms with Gasteiger partial charge in [0.1, 0.15) is 5.82 Å². The second-order valence-electron chi connectivity index (χ2n) is 4.08. The number of hydrazine groups is 1. The van der Waals surface area contributed by atoms with Crippen molar-refractivity contribution in [2.45, 2.75) is 19.4 Å². The lowest BCUT2D eigenvalue weighted by Crippen LogP contribution is -2.69. The van der Waals surface area contributed by atoms with E-state index in [1.54, 1.807) is 5.01 Å². The molecule has 0 spiro atoms. The second-order valence-corrected chi connectivity index (χ2v) is 4.08. The quantitative estimate of drug-likeness (QED) is 0.743. The molecule has 0 aliphatic carbocycles. The first kappa shape index (κ1) is 9.40. The van der Waals surface area contributed by atoms with E-state index < -0.39 is 11.6 Å². The van der Waals surface area contributed by atoms with Crippen molar-refractivity contribution in [3.63, 3.8) is 0 Å². The standard InChI is InChI=1S/C10H12F2N2/c1-10(2)6-13-14(10)9-4-3-7(11)5-8(9)12/h3-5,13H,6H2,1-2H3. The predicted octanol–water partition coefficient (Wildman–Crippen LogP) is 2.07. The van der Waals surface area contributed by atoms with Gasteiger partial charge < -0.3 is 0 Å². The minimum atomic E-state index is -0.551. The topological polar surface area (TPSA) is 15.3 Å². The zero-order valence-electron chi connectivity index (χ0n) is 8.14. The van der Waals surface area contributed by atoms with Crippen LogP contribution in [0.25, 0.3) is 0 Å². The van der Waals surface area contributed by atoms with Crippen LogP contribution in [0, 0.1) is 11.6 Å². The molecule has 1 aromatic rings. The van der Waals surface area contributed by atoms with Gasteiger partial charge in [0, 0.05) is 12.6 Å². The third-order valence-electron chi connectivity index (χ3n) is 2.43. The molecule has 0 amide bonds. The van der Waals surface area contributed by atoms with Crippen molar-refractivity contribution in [1.29, 1.82) is 0 Å². The molecule has 14 heavy (non-hydrogen) atoms. The first-order valence-corrected chi connectivity index (χ1v) is 4.49. The summed E-state index contributed by atoms with van der Waals surface area (Å²) >= 11 is 0. The number of halogens is 2. The van der Waals surface area contributed by atoms with E-state index in [0.29, 0.717) is 5.69 Å². The van der Waals surface area contributed by atoms with Crippen LogP contribution in [0.15, 0.2) is 18.2 Å². The summed E-state index contributed by atoms with van der Waals surface area (Å²) in [5, 5.41) is 1.71. The molecule has 1 saturated heterocycles. The van der Waals surface area contributed by atoms with E-state index in [-0.39, 0.29) is 5.54 Å². The van der Waals surface area contributed by atoms with Crippen molar-refractivity contribution in [3.8, 4) is 0 Å². The van der Waals surface area contributed by atoms with Gasteiger partial charge in [-0.25, -0.2) is 14.2 Å². The molecule has 2 nitrogen and oxygen atoms in total. The summed E-state index contributed by atoms with van der Waals surface area (Å²) in [7, 11) is 0. The SMILES string of the molecule is CC1(C)CNN1c1ccc(F)cc1F. The zero-order valence-corrected chi connectivity index (χ0v) is 8.14. The lowest BCUT2D eigenvalue weighted by atomic mass is 9.99. The number of hydrogen-bond donors (Lipinski definition) is 1. The molecule has 1 N–H and O–H groups in total. The molecular formula is C10H12F2N2. The third kappa shape index (κ3) is 1.35. The number of nitrogens with one attached hydrogen (secondary N) is 1. The van der Waals surface area contributed by atoms with Crippen molar-refractivity contribution in [3.05, 3.63) is 29.8 Å². The lowest BCUT2D eigenvalue weighted by Gasteiger charge is -2.50. The largest absolute Gasteiger partial charge is 0.298 e. The van der Waals surface area contributed by atoms with Gasteiger partial charge in [0.25, 0.3) is 0 Å². The summed E-state index contributed by atoms with van der Waals surface area (Å²) in [6, 6.07) is 3.60. The van der Waals surface area contributed by atoms with Crippen LogP contribution in [0.3, 0.4) is 0 Å². The minimum absolute atomic E-state index is 0.112. The zero-order chi connectivity index (χ0) is 10.3. The van der Waals surface area contributed by atoms with Crippen LogP contribution in [-0.4, -0.2) is 12.1 Å². The first-order valence-electron chi connectivity index (χ1n) is 4.49. The van der Waals surface area contributed by atoms with E-state index in [1.165, 1.54) is 12.1 Å². The van der Waals surface area contributed by atoms with E-state index in [9.17, 15) is 8.78 Å². The van der Waals surface area contributed by atoms with E-state index >= 15 is 0 Å². The minimum Gasteiger partial charge on any atom is -0.298 e. The monoisotopic (exact) mass is 198 g/mol. The van der Waals surface area contributed by atoms with Gasteiger partial charge in [0.2, 0.25) is 0 Å². The van der Waals surface area contributed by atoms with Crippen LogP contribution in [0.4, 0.5) is 14.5 Å². The molecule has 0 saturated carbocycles. The number of rotatable bonds is 1. The number of anilines is 1. The molecule has 1 fully saturated rings.